The molecule has 1 aliphatic rings. The molecule has 0 fully saturated rings. The molecule has 130 valence electrons. The number of amidine groups is 1. The lowest BCUT2D eigenvalue weighted by Gasteiger charge is -2.26. The number of anilines is 1. The number of carbonyl (C=O) groups is 1. The molecule has 1 atom stereocenters. The second-order valence-corrected chi connectivity index (χ2v) is 7.80. The van der Waals surface area contributed by atoms with Crippen molar-refractivity contribution < 1.29 is 4.79 Å². The van der Waals surface area contributed by atoms with E-state index >= 15 is 0 Å². The van der Waals surface area contributed by atoms with Crippen LogP contribution in [0.5, 0.6) is 0 Å². The maximum atomic E-state index is 13.4. The van der Waals surface area contributed by atoms with Gasteiger partial charge in [-0.1, -0.05) is 67.5 Å². The largest absolute Gasteiger partial charge is 0.268 e. The molecule has 0 saturated heterocycles. The molecule has 5 heteroatoms. The number of amides is 1. The number of benzene rings is 2. The van der Waals surface area contributed by atoms with Gasteiger partial charge in [-0.25, -0.2) is 0 Å². The van der Waals surface area contributed by atoms with Gasteiger partial charge in [-0.05, 0) is 36.6 Å². The molecule has 0 radical (unpaired) electrons. The highest BCUT2D eigenvalue weighted by Crippen LogP contribution is 2.33. The number of halogens is 1. The second-order valence-electron chi connectivity index (χ2n) is 6.41. The van der Waals surface area contributed by atoms with Crippen molar-refractivity contribution in [3.63, 3.8) is 0 Å². The van der Waals surface area contributed by atoms with E-state index in [4.69, 9.17) is 11.6 Å². The van der Waals surface area contributed by atoms with Gasteiger partial charge in [-0.2, -0.15) is 0 Å². The van der Waals surface area contributed by atoms with Crippen LogP contribution in [0.25, 0.3) is 0 Å². The summed E-state index contributed by atoms with van der Waals surface area (Å²) in [7, 11) is 0. The summed E-state index contributed by atoms with van der Waals surface area (Å²) in [4.78, 5) is 19.8. The van der Waals surface area contributed by atoms with Gasteiger partial charge in [0.15, 0.2) is 5.17 Å². The Morgan fingerprint density at radius 3 is 2.52 bits per heavy atom. The lowest BCUT2D eigenvalue weighted by atomic mass is 10.00. The minimum atomic E-state index is -0.140. The molecule has 1 amide bonds. The summed E-state index contributed by atoms with van der Waals surface area (Å²) in [5.74, 6) is 1.03. The maximum Gasteiger partial charge on any atom is 0.265 e. The Labute approximate surface area is 158 Å². The molecule has 1 aliphatic heterocycles. The van der Waals surface area contributed by atoms with Crippen LogP contribution in [0.15, 0.2) is 53.5 Å². The molecule has 3 nitrogen and oxygen atoms in total. The van der Waals surface area contributed by atoms with Gasteiger partial charge >= 0.3 is 0 Å². The van der Waals surface area contributed by atoms with Gasteiger partial charge in [0.2, 0.25) is 0 Å². The first kappa shape index (κ1) is 18.0. The third kappa shape index (κ3) is 3.75. The molecule has 0 aromatic heterocycles. The molecule has 0 bridgehead atoms. The van der Waals surface area contributed by atoms with Gasteiger partial charge in [0.05, 0.1) is 22.3 Å². The predicted molar refractivity (Wildman–Crippen MR) is 108 cm³/mol. The van der Waals surface area contributed by atoms with E-state index in [0.717, 1.165) is 22.2 Å². The quantitative estimate of drug-likeness (QED) is 0.702. The van der Waals surface area contributed by atoms with Crippen LogP contribution in [0.4, 0.5) is 5.69 Å². The Morgan fingerprint density at radius 1 is 1.20 bits per heavy atom. The van der Waals surface area contributed by atoms with Crippen LogP contribution in [0.2, 0.25) is 5.02 Å². The van der Waals surface area contributed by atoms with E-state index in [1.807, 2.05) is 30.3 Å². The van der Waals surface area contributed by atoms with Crippen LogP contribution in [-0.2, 0) is 0 Å². The number of nitrogens with zero attached hydrogens (tertiary/aromatic N) is 2. The monoisotopic (exact) mass is 372 g/mol. The van der Waals surface area contributed by atoms with E-state index in [0.29, 0.717) is 16.5 Å². The van der Waals surface area contributed by atoms with Crippen LogP contribution in [0.3, 0.4) is 0 Å². The number of hydrogen-bond donors (Lipinski definition) is 0. The lowest BCUT2D eigenvalue weighted by molar-refractivity contribution is 0.100. The minimum absolute atomic E-state index is 0.140. The highest BCUT2D eigenvalue weighted by molar-refractivity contribution is 8.14. The van der Waals surface area contributed by atoms with Crippen LogP contribution < -0.4 is 4.90 Å². The first-order valence-corrected chi connectivity index (χ1v) is 9.74. The Bertz CT molecular complexity index is 819. The van der Waals surface area contributed by atoms with Crippen molar-refractivity contribution in [3.05, 3.63) is 64.7 Å². The molecular formula is C20H21ClN2OS. The van der Waals surface area contributed by atoms with Gasteiger partial charge in [0, 0.05) is 5.75 Å². The van der Waals surface area contributed by atoms with Crippen molar-refractivity contribution in [1.29, 1.82) is 0 Å². The zero-order valence-corrected chi connectivity index (χ0v) is 16.1. The van der Waals surface area contributed by atoms with Crippen molar-refractivity contribution in [2.75, 3.05) is 10.7 Å². The molecule has 25 heavy (non-hydrogen) atoms. The highest BCUT2D eigenvalue weighted by atomic mass is 35.5. The Morgan fingerprint density at radius 2 is 1.88 bits per heavy atom. The number of para-hydroxylation sites is 1. The highest BCUT2D eigenvalue weighted by Gasteiger charge is 2.30. The number of hydrogen-bond acceptors (Lipinski definition) is 3. The summed E-state index contributed by atoms with van der Waals surface area (Å²) in [5.41, 5.74) is 2.49. The summed E-state index contributed by atoms with van der Waals surface area (Å²) < 4.78 is 0. The molecule has 2 aromatic carbocycles. The number of aliphatic imine (C=N–C) groups is 1. The second kappa shape index (κ2) is 7.63. The van der Waals surface area contributed by atoms with Crippen LogP contribution in [0, 0.1) is 0 Å². The molecule has 1 heterocycles. The first-order chi connectivity index (χ1) is 12.0. The number of carbonyl (C=O) groups excluding carboxylic acids is 1. The maximum absolute atomic E-state index is 13.4. The Kier molecular flexibility index (Phi) is 5.50. The molecule has 0 saturated carbocycles. The average Bonchev–Trinajstić information content (AvgIpc) is 3.01. The molecule has 2 aromatic rings. The van der Waals surface area contributed by atoms with E-state index in [1.54, 1.807) is 28.8 Å². The van der Waals surface area contributed by atoms with Gasteiger partial charge in [-0.3, -0.25) is 14.7 Å². The topological polar surface area (TPSA) is 32.7 Å². The summed E-state index contributed by atoms with van der Waals surface area (Å²) >= 11 is 7.91. The van der Waals surface area contributed by atoms with Crippen LogP contribution in [0.1, 0.15) is 42.6 Å². The molecule has 0 aliphatic carbocycles. The number of thioether (sulfide) groups is 1. The summed E-state index contributed by atoms with van der Waals surface area (Å²) in [6.45, 7) is 6.32. The van der Waals surface area contributed by atoms with Crippen LogP contribution >= 0.6 is 23.4 Å². The van der Waals surface area contributed by atoms with Gasteiger partial charge < -0.3 is 0 Å². The first-order valence-electron chi connectivity index (χ1n) is 8.37. The summed E-state index contributed by atoms with van der Waals surface area (Å²) in [5, 5.41) is 1.20. The fourth-order valence-electron chi connectivity index (χ4n) is 2.81. The molecule has 3 rings (SSSR count). The zero-order chi connectivity index (χ0) is 18.0. The van der Waals surface area contributed by atoms with E-state index in [2.05, 4.69) is 31.8 Å². The van der Waals surface area contributed by atoms with Crippen molar-refractivity contribution in [2.45, 2.75) is 32.7 Å². The van der Waals surface area contributed by atoms with Crippen molar-refractivity contribution >= 4 is 40.1 Å². The smallest absolute Gasteiger partial charge is 0.265 e. The normalized spacial score (nSPS) is 16.8. The van der Waals surface area contributed by atoms with Crippen molar-refractivity contribution in [3.8, 4) is 0 Å². The third-order valence-electron chi connectivity index (χ3n) is 4.08. The minimum Gasteiger partial charge on any atom is -0.268 e. The van der Waals surface area contributed by atoms with Gasteiger partial charge in [0.25, 0.3) is 5.91 Å². The summed E-state index contributed by atoms with van der Waals surface area (Å²) in [6, 6.07) is 15.4. The molecule has 0 N–H and O–H groups in total. The number of rotatable bonds is 3. The van der Waals surface area contributed by atoms with E-state index in [1.165, 1.54) is 0 Å². The molecular weight excluding hydrogens is 352 g/mol. The van der Waals surface area contributed by atoms with E-state index in [9.17, 15) is 4.79 Å². The third-order valence-corrected chi connectivity index (χ3v) is 5.61. The average molecular weight is 373 g/mol. The van der Waals surface area contributed by atoms with E-state index < -0.39 is 0 Å². The predicted octanol–water partition coefficient (Wildman–Crippen LogP) is 5.60. The van der Waals surface area contributed by atoms with Gasteiger partial charge in [0.1, 0.15) is 0 Å². The lowest BCUT2D eigenvalue weighted by Crippen LogP contribution is -2.35. The molecule has 1 unspecified atom stereocenters. The van der Waals surface area contributed by atoms with Crippen molar-refractivity contribution in [1.82, 2.24) is 0 Å². The van der Waals surface area contributed by atoms with Crippen molar-refractivity contribution in [2.24, 2.45) is 4.99 Å². The zero-order valence-electron chi connectivity index (χ0n) is 14.6. The standard InChI is InChI=1S/C20H21ClN2OS/c1-13(2)15-8-5-7-11-18(15)23(20-22-14(3)12-25-20)19(24)16-9-4-6-10-17(16)21/h4-11,13-14H,12H2,1-3H3. The Balaban J connectivity index is 2.13. The van der Waals surface area contributed by atoms with Crippen LogP contribution in [-0.4, -0.2) is 22.9 Å². The Hall–Kier alpha value is -1.78. The fraction of sp³-hybridized carbons (Fsp3) is 0.300. The SMILES string of the molecule is CC1CSC(N(C(=O)c2ccccc2Cl)c2ccccc2C(C)C)=N1. The van der Waals surface area contributed by atoms with Gasteiger partial charge in [-0.15, -0.1) is 0 Å². The fourth-order valence-corrected chi connectivity index (χ4v) is 4.06. The summed E-state index contributed by atoms with van der Waals surface area (Å²) in [6.07, 6.45) is 0. The van der Waals surface area contributed by atoms with E-state index in [-0.39, 0.29) is 11.9 Å². The molecule has 0 spiro atoms.